The topological polar surface area (TPSA) is 23.8 Å². The van der Waals surface area contributed by atoms with E-state index in [1.807, 2.05) is 13.8 Å². The van der Waals surface area contributed by atoms with E-state index in [0.717, 1.165) is 17.8 Å². The average Bonchev–Trinajstić information content (AvgIpc) is 2.26. The summed E-state index contributed by atoms with van der Waals surface area (Å²) in [5, 5.41) is 9.36. The van der Waals surface area contributed by atoms with Crippen LogP contribution in [0.2, 0.25) is 0 Å². The lowest BCUT2D eigenvalue weighted by Crippen LogP contribution is -2.48. The Hall–Kier alpha value is -0.770. The first-order chi connectivity index (χ1) is 7.95. The highest BCUT2D eigenvalue weighted by molar-refractivity contribution is 5.28. The van der Waals surface area contributed by atoms with Crippen LogP contribution < -0.4 is 0 Å². The molecule has 0 aromatic heterocycles. The number of allylic oxidation sites excluding steroid dienone is 1. The molecule has 0 aromatic carbocycles. The highest BCUT2D eigenvalue weighted by atomic mass is 14.6. The van der Waals surface area contributed by atoms with E-state index in [1.165, 1.54) is 44.1 Å². The van der Waals surface area contributed by atoms with Gasteiger partial charge in [0.05, 0.1) is 11.5 Å². The zero-order valence-corrected chi connectivity index (χ0v) is 11.1. The van der Waals surface area contributed by atoms with Gasteiger partial charge in [0, 0.05) is 0 Å². The Balaban J connectivity index is 1.93. The van der Waals surface area contributed by atoms with Gasteiger partial charge in [0.2, 0.25) is 0 Å². The first-order valence-electron chi connectivity index (χ1n) is 7.06. The van der Waals surface area contributed by atoms with Gasteiger partial charge in [0.15, 0.2) is 0 Å². The summed E-state index contributed by atoms with van der Waals surface area (Å²) in [7, 11) is 0. The standard InChI is InChI=1S/C16H23N/c1-11(15(2,3)10-17)16-7-12-4-13(8-16)6-14(5-12)9-16/h12-14H,1,4-9H2,2-3H3. The van der Waals surface area contributed by atoms with Gasteiger partial charge in [0.25, 0.3) is 0 Å². The summed E-state index contributed by atoms with van der Waals surface area (Å²) in [4.78, 5) is 0. The second kappa shape index (κ2) is 3.37. The van der Waals surface area contributed by atoms with E-state index in [0.29, 0.717) is 5.41 Å². The molecule has 0 spiro atoms. The Bertz CT molecular complexity index is 361. The third-order valence-corrected chi connectivity index (χ3v) is 5.71. The Labute approximate surface area is 105 Å². The molecular formula is C16H23N. The maximum absolute atomic E-state index is 9.36. The third kappa shape index (κ3) is 1.57. The van der Waals surface area contributed by atoms with Crippen LogP contribution in [0, 0.1) is 39.9 Å². The summed E-state index contributed by atoms with van der Waals surface area (Å²) in [6, 6.07) is 2.47. The molecule has 0 radical (unpaired) electrons. The van der Waals surface area contributed by atoms with Crippen LogP contribution in [0.3, 0.4) is 0 Å². The second-order valence-electron chi connectivity index (χ2n) is 7.41. The lowest BCUT2D eigenvalue weighted by atomic mass is 9.46. The van der Waals surface area contributed by atoms with Gasteiger partial charge in [0.1, 0.15) is 0 Å². The third-order valence-electron chi connectivity index (χ3n) is 5.71. The van der Waals surface area contributed by atoms with Crippen LogP contribution in [0.25, 0.3) is 0 Å². The minimum Gasteiger partial charge on any atom is -0.197 e. The molecule has 0 atom stereocenters. The Kier molecular flexibility index (Phi) is 2.25. The van der Waals surface area contributed by atoms with Crippen molar-refractivity contribution < 1.29 is 0 Å². The SMILES string of the molecule is C=C(C(C)(C)C#N)C12CC3CC(CC(C3)C1)C2. The van der Waals surface area contributed by atoms with Crippen LogP contribution in [-0.2, 0) is 0 Å². The maximum Gasteiger partial charge on any atom is 0.0729 e. The zero-order chi connectivity index (χ0) is 12.3. The lowest BCUT2D eigenvalue weighted by molar-refractivity contribution is -0.0368. The van der Waals surface area contributed by atoms with Gasteiger partial charge in [-0.1, -0.05) is 12.2 Å². The number of nitrogens with zero attached hydrogens (tertiary/aromatic N) is 1. The monoisotopic (exact) mass is 229 g/mol. The van der Waals surface area contributed by atoms with E-state index < -0.39 is 0 Å². The van der Waals surface area contributed by atoms with Crippen molar-refractivity contribution >= 4 is 0 Å². The van der Waals surface area contributed by atoms with Crippen LogP contribution in [0.4, 0.5) is 0 Å². The van der Waals surface area contributed by atoms with Crippen LogP contribution in [-0.4, -0.2) is 0 Å². The molecule has 4 rings (SSSR count). The van der Waals surface area contributed by atoms with Crippen molar-refractivity contribution in [1.82, 2.24) is 0 Å². The number of rotatable bonds is 2. The predicted octanol–water partition coefficient (Wildman–Crippen LogP) is 4.31. The summed E-state index contributed by atoms with van der Waals surface area (Å²) >= 11 is 0. The molecule has 92 valence electrons. The van der Waals surface area contributed by atoms with Crippen molar-refractivity contribution in [2.24, 2.45) is 28.6 Å². The minimum atomic E-state index is -0.342. The van der Waals surface area contributed by atoms with E-state index >= 15 is 0 Å². The molecular weight excluding hydrogens is 206 g/mol. The van der Waals surface area contributed by atoms with E-state index in [-0.39, 0.29) is 5.41 Å². The van der Waals surface area contributed by atoms with E-state index in [1.54, 1.807) is 0 Å². The summed E-state index contributed by atoms with van der Waals surface area (Å²) in [6.45, 7) is 8.46. The van der Waals surface area contributed by atoms with Crippen LogP contribution >= 0.6 is 0 Å². The molecule has 0 aliphatic heterocycles. The lowest BCUT2D eigenvalue weighted by Gasteiger charge is -2.59. The Morgan fingerprint density at radius 2 is 1.53 bits per heavy atom. The van der Waals surface area contributed by atoms with Crippen molar-refractivity contribution in [2.45, 2.75) is 52.4 Å². The molecule has 4 saturated carbocycles. The Morgan fingerprint density at radius 1 is 1.12 bits per heavy atom. The molecule has 17 heavy (non-hydrogen) atoms. The molecule has 1 nitrogen and oxygen atoms in total. The summed E-state index contributed by atoms with van der Waals surface area (Å²) in [5.41, 5.74) is 1.23. The minimum absolute atomic E-state index is 0.327. The van der Waals surface area contributed by atoms with Gasteiger partial charge in [-0.3, -0.25) is 0 Å². The van der Waals surface area contributed by atoms with Gasteiger partial charge in [-0.15, -0.1) is 0 Å². The van der Waals surface area contributed by atoms with Crippen LogP contribution in [0.15, 0.2) is 12.2 Å². The average molecular weight is 229 g/mol. The highest BCUT2D eigenvalue weighted by Crippen LogP contribution is 2.64. The van der Waals surface area contributed by atoms with Crippen molar-refractivity contribution in [1.29, 1.82) is 5.26 Å². The van der Waals surface area contributed by atoms with Crippen LogP contribution in [0.5, 0.6) is 0 Å². The Morgan fingerprint density at radius 3 is 1.88 bits per heavy atom. The summed E-state index contributed by atoms with van der Waals surface area (Å²) < 4.78 is 0. The van der Waals surface area contributed by atoms with E-state index in [4.69, 9.17) is 0 Å². The first kappa shape index (κ1) is 11.3. The van der Waals surface area contributed by atoms with Gasteiger partial charge in [-0.2, -0.15) is 5.26 Å². The smallest absolute Gasteiger partial charge is 0.0729 e. The van der Waals surface area contributed by atoms with E-state index in [9.17, 15) is 5.26 Å². The maximum atomic E-state index is 9.36. The molecule has 0 aromatic rings. The van der Waals surface area contributed by atoms with Gasteiger partial charge in [-0.05, 0) is 75.5 Å². The normalized spacial score (nSPS) is 43.5. The molecule has 0 amide bonds. The fourth-order valence-corrected chi connectivity index (χ4v) is 5.21. The molecule has 0 N–H and O–H groups in total. The molecule has 4 fully saturated rings. The first-order valence-corrected chi connectivity index (χ1v) is 7.06. The largest absolute Gasteiger partial charge is 0.197 e. The number of hydrogen-bond donors (Lipinski definition) is 0. The van der Waals surface area contributed by atoms with Crippen molar-refractivity contribution in [3.05, 3.63) is 12.2 Å². The summed E-state index contributed by atoms with van der Waals surface area (Å²) in [6.07, 6.45) is 8.34. The molecule has 1 heteroatoms. The molecule has 0 saturated heterocycles. The highest BCUT2D eigenvalue weighted by Gasteiger charge is 2.54. The van der Waals surface area contributed by atoms with Gasteiger partial charge >= 0.3 is 0 Å². The van der Waals surface area contributed by atoms with Gasteiger partial charge in [-0.25, -0.2) is 0 Å². The number of nitriles is 1. The van der Waals surface area contributed by atoms with Crippen LogP contribution in [0.1, 0.15) is 52.4 Å². The zero-order valence-electron chi connectivity index (χ0n) is 11.1. The molecule has 0 unspecified atom stereocenters. The second-order valence-corrected chi connectivity index (χ2v) is 7.41. The van der Waals surface area contributed by atoms with E-state index in [2.05, 4.69) is 12.6 Å². The fraction of sp³-hybridized carbons (Fsp3) is 0.812. The van der Waals surface area contributed by atoms with Crippen molar-refractivity contribution in [2.75, 3.05) is 0 Å². The summed E-state index contributed by atoms with van der Waals surface area (Å²) in [5.74, 6) is 2.81. The molecule has 0 heterocycles. The van der Waals surface area contributed by atoms with Crippen molar-refractivity contribution in [3.8, 4) is 6.07 Å². The predicted molar refractivity (Wildman–Crippen MR) is 69.1 cm³/mol. The van der Waals surface area contributed by atoms with Gasteiger partial charge < -0.3 is 0 Å². The molecule has 4 aliphatic rings. The number of hydrogen-bond acceptors (Lipinski definition) is 1. The fourth-order valence-electron chi connectivity index (χ4n) is 5.21. The molecule has 4 aliphatic carbocycles. The quantitative estimate of drug-likeness (QED) is 0.647. The van der Waals surface area contributed by atoms with Crippen molar-refractivity contribution in [3.63, 3.8) is 0 Å². The molecule has 4 bridgehead atoms.